The Kier molecular flexibility index (Phi) is 4.98. The summed E-state index contributed by atoms with van der Waals surface area (Å²) in [5.41, 5.74) is 5.02. The summed E-state index contributed by atoms with van der Waals surface area (Å²) in [6, 6.07) is 11.7. The molecule has 0 aliphatic carbocycles. The minimum Gasteiger partial charge on any atom is -0.480 e. The molecule has 2 amide bonds. The van der Waals surface area contributed by atoms with Crippen LogP contribution in [0.25, 0.3) is 0 Å². The SMILES string of the molecule is Cc1cc(C)c(NC(=O)CN(C)C(=O)[C@@H]2Cc3ccccc3O2)c(C)c1. The van der Waals surface area contributed by atoms with Gasteiger partial charge in [-0.25, -0.2) is 0 Å². The molecule has 0 aromatic heterocycles. The number of hydrogen-bond donors (Lipinski definition) is 1. The predicted octanol–water partition coefficient (Wildman–Crippen LogP) is 3.01. The summed E-state index contributed by atoms with van der Waals surface area (Å²) in [5.74, 6) is 0.342. The lowest BCUT2D eigenvalue weighted by Crippen LogP contribution is -2.42. The number of hydrogen-bond acceptors (Lipinski definition) is 3. The summed E-state index contributed by atoms with van der Waals surface area (Å²) >= 11 is 0. The molecule has 0 fully saturated rings. The smallest absolute Gasteiger partial charge is 0.264 e. The molecule has 0 saturated carbocycles. The van der Waals surface area contributed by atoms with Crippen LogP contribution < -0.4 is 10.1 Å². The molecule has 0 unspecified atom stereocenters. The van der Waals surface area contributed by atoms with Gasteiger partial charge in [0.25, 0.3) is 5.91 Å². The summed E-state index contributed by atoms with van der Waals surface area (Å²) < 4.78 is 5.72. The second-order valence-corrected chi connectivity index (χ2v) is 6.93. The molecule has 0 bridgehead atoms. The van der Waals surface area contributed by atoms with E-state index in [0.29, 0.717) is 6.42 Å². The van der Waals surface area contributed by atoms with Gasteiger partial charge in [-0.05, 0) is 43.5 Å². The number of rotatable bonds is 4. The van der Waals surface area contributed by atoms with Gasteiger partial charge in [0, 0.05) is 19.2 Å². The van der Waals surface area contributed by atoms with Gasteiger partial charge in [-0.15, -0.1) is 0 Å². The van der Waals surface area contributed by atoms with Gasteiger partial charge >= 0.3 is 0 Å². The topological polar surface area (TPSA) is 58.6 Å². The van der Waals surface area contributed by atoms with Crippen LogP contribution in [-0.2, 0) is 16.0 Å². The molecule has 1 aliphatic heterocycles. The standard InChI is InChI=1S/C21H24N2O3/c1-13-9-14(2)20(15(3)10-13)22-19(24)12-23(4)21(25)18-11-16-7-5-6-8-17(16)26-18/h5-10,18H,11-12H2,1-4H3,(H,22,24)/t18-/m0/s1. The summed E-state index contributed by atoms with van der Waals surface area (Å²) in [6.45, 7) is 5.95. The zero-order valence-corrected chi connectivity index (χ0v) is 15.6. The largest absolute Gasteiger partial charge is 0.480 e. The Bertz CT molecular complexity index is 812. The van der Waals surface area contributed by atoms with E-state index in [9.17, 15) is 9.59 Å². The Morgan fingerprint density at radius 2 is 1.81 bits per heavy atom. The van der Waals surface area contributed by atoms with Crippen molar-refractivity contribution in [3.63, 3.8) is 0 Å². The lowest BCUT2D eigenvalue weighted by atomic mass is 10.1. The Morgan fingerprint density at radius 1 is 1.15 bits per heavy atom. The zero-order chi connectivity index (χ0) is 18.8. The first kappa shape index (κ1) is 18.0. The molecule has 1 N–H and O–H groups in total. The molecule has 1 aliphatic rings. The number of carbonyl (C=O) groups is 2. The van der Waals surface area contributed by atoms with Crippen molar-refractivity contribution in [2.75, 3.05) is 18.9 Å². The van der Waals surface area contributed by atoms with Crippen LogP contribution in [0, 0.1) is 20.8 Å². The van der Waals surface area contributed by atoms with Gasteiger partial charge in [-0.1, -0.05) is 35.9 Å². The number of carbonyl (C=O) groups excluding carboxylic acids is 2. The molecule has 26 heavy (non-hydrogen) atoms. The van der Waals surface area contributed by atoms with E-state index >= 15 is 0 Å². The molecule has 5 nitrogen and oxygen atoms in total. The van der Waals surface area contributed by atoms with E-state index in [1.54, 1.807) is 7.05 Å². The van der Waals surface area contributed by atoms with Crippen molar-refractivity contribution in [3.05, 3.63) is 58.7 Å². The first-order valence-electron chi connectivity index (χ1n) is 8.72. The number of benzene rings is 2. The molecule has 3 rings (SSSR count). The summed E-state index contributed by atoms with van der Waals surface area (Å²) in [5, 5.41) is 2.93. The second kappa shape index (κ2) is 7.20. The van der Waals surface area contributed by atoms with Gasteiger partial charge in [-0.2, -0.15) is 0 Å². The average molecular weight is 352 g/mol. The van der Waals surface area contributed by atoms with Gasteiger partial charge in [0.15, 0.2) is 6.10 Å². The van der Waals surface area contributed by atoms with Crippen LogP contribution in [0.5, 0.6) is 5.75 Å². The Labute approximate surface area is 154 Å². The van der Waals surface area contributed by atoms with Gasteiger partial charge < -0.3 is 15.0 Å². The fourth-order valence-electron chi connectivity index (χ4n) is 3.42. The zero-order valence-electron chi connectivity index (χ0n) is 15.6. The van der Waals surface area contributed by atoms with E-state index < -0.39 is 6.10 Å². The van der Waals surface area contributed by atoms with E-state index in [2.05, 4.69) is 5.32 Å². The summed E-state index contributed by atoms with van der Waals surface area (Å²) in [6.07, 6.45) is -0.0232. The highest BCUT2D eigenvalue weighted by Gasteiger charge is 2.31. The molecule has 0 radical (unpaired) electrons. The van der Waals surface area contributed by atoms with Crippen LogP contribution in [0.2, 0.25) is 0 Å². The minimum absolute atomic E-state index is 0.0121. The van der Waals surface area contributed by atoms with Gasteiger partial charge in [-0.3, -0.25) is 9.59 Å². The highest BCUT2D eigenvalue weighted by molar-refractivity contribution is 5.96. The molecule has 1 heterocycles. The van der Waals surface area contributed by atoms with Crippen LogP contribution in [0.15, 0.2) is 36.4 Å². The molecular formula is C21H24N2O3. The molecule has 5 heteroatoms. The monoisotopic (exact) mass is 352 g/mol. The maximum absolute atomic E-state index is 12.6. The Balaban J connectivity index is 1.61. The maximum Gasteiger partial charge on any atom is 0.264 e. The summed E-state index contributed by atoms with van der Waals surface area (Å²) in [7, 11) is 1.63. The lowest BCUT2D eigenvalue weighted by molar-refractivity contribution is -0.139. The number of ether oxygens (including phenoxy) is 1. The average Bonchev–Trinajstić information content (AvgIpc) is 3.01. The van der Waals surface area contributed by atoms with Crippen molar-refractivity contribution in [2.24, 2.45) is 0 Å². The first-order valence-corrected chi connectivity index (χ1v) is 8.72. The third kappa shape index (κ3) is 3.72. The molecule has 0 spiro atoms. The van der Waals surface area contributed by atoms with Crippen molar-refractivity contribution in [2.45, 2.75) is 33.3 Å². The highest BCUT2D eigenvalue weighted by Crippen LogP contribution is 2.28. The van der Waals surface area contributed by atoms with Crippen LogP contribution in [-0.4, -0.2) is 36.4 Å². The van der Waals surface area contributed by atoms with Crippen molar-refractivity contribution >= 4 is 17.5 Å². The minimum atomic E-state index is -0.562. The van der Waals surface area contributed by atoms with Gasteiger partial charge in [0.1, 0.15) is 5.75 Å². The Hall–Kier alpha value is -2.82. The molecule has 2 aromatic carbocycles. The number of fused-ring (bicyclic) bond motifs is 1. The lowest BCUT2D eigenvalue weighted by Gasteiger charge is -2.21. The molecular weight excluding hydrogens is 328 g/mol. The Morgan fingerprint density at radius 3 is 2.46 bits per heavy atom. The van der Waals surface area contributed by atoms with Gasteiger partial charge in [0.2, 0.25) is 5.91 Å². The number of nitrogens with one attached hydrogen (secondary N) is 1. The fourth-order valence-corrected chi connectivity index (χ4v) is 3.42. The number of para-hydroxylation sites is 1. The number of anilines is 1. The maximum atomic E-state index is 12.6. The normalized spacial score (nSPS) is 15.2. The third-order valence-corrected chi connectivity index (χ3v) is 4.62. The second-order valence-electron chi connectivity index (χ2n) is 6.93. The van der Waals surface area contributed by atoms with Crippen LogP contribution >= 0.6 is 0 Å². The summed E-state index contributed by atoms with van der Waals surface area (Å²) in [4.78, 5) is 26.4. The van der Waals surface area contributed by atoms with E-state index in [1.807, 2.05) is 57.2 Å². The van der Waals surface area contributed by atoms with Crippen LogP contribution in [0.3, 0.4) is 0 Å². The van der Waals surface area contributed by atoms with Crippen molar-refractivity contribution in [3.8, 4) is 5.75 Å². The third-order valence-electron chi connectivity index (χ3n) is 4.62. The van der Waals surface area contributed by atoms with E-state index in [0.717, 1.165) is 33.7 Å². The molecule has 0 saturated heterocycles. The van der Waals surface area contributed by atoms with Crippen LogP contribution in [0.1, 0.15) is 22.3 Å². The van der Waals surface area contributed by atoms with Crippen molar-refractivity contribution in [1.82, 2.24) is 4.90 Å². The van der Waals surface area contributed by atoms with Gasteiger partial charge in [0.05, 0.1) is 6.54 Å². The van der Waals surface area contributed by atoms with E-state index in [1.165, 1.54) is 4.90 Å². The number of amides is 2. The van der Waals surface area contributed by atoms with Crippen molar-refractivity contribution in [1.29, 1.82) is 0 Å². The molecule has 1 atom stereocenters. The molecule has 136 valence electrons. The fraction of sp³-hybridized carbons (Fsp3) is 0.333. The van der Waals surface area contributed by atoms with Crippen LogP contribution in [0.4, 0.5) is 5.69 Å². The predicted molar refractivity (Wildman–Crippen MR) is 101 cm³/mol. The van der Waals surface area contributed by atoms with E-state index in [-0.39, 0.29) is 18.4 Å². The number of aryl methyl sites for hydroxylation is 3. The number of likely N-dealkylation sites (N-methyl/N-ethyl adjacent to an activating group) is 1. The van der Waals surface area contributed by atoms with Crippen molar-refractivity contribution < 1.29 is 14.3 Å². The number of nitrogens with zero attached hydrogens (tertiary/aromatic N) is 1. The molecule has 2 aromatic rings. The highest BCUT2D eigenvalue weighted by atomic mass is 16.5. The first-order chi connectivity index (χ1) is 12.3. The quantitative estimate of drug-likeness (QED) is 0.920. The van der Waals surface area contributed by atoms with E-state index in [4.69, 9.17) is 4.74 Å².